The molecule has 0 saturated carbocycles. The molecule has 101 heavy (non-hydrogen) atoms. The van der Waals surface area contributed by atoms with Crippen molar-refractivity contribution < 1.29 is 87.8 Å². The van der Waals surface area contributed by atoms with Gasteiger partial charge in [0.1, 0.15) is 34.6 Å². The molecule has 522 valence electrons. The summed E-state index contributed by atoms with van der Waals surface area (Å²) in [6.45, 7) is 10.5. The number of hydrogen-bond acceptors (Lipinski definition) is 18. The van der Waals surface area contributed by atoms with Gasteiger partial charge in [-0.05, 0) is 271 Å². The number of halogens is 1. The molecule has 14 rings (SSSR count). The summed E-state index contributed by atoms with van der Waals surface area (Å²) in [7, 11) is 3.52. The van der Waals surface area contributed by atoms with Crippen LogP contribution in [0.5, 0.6) is 23.0 Å². The largest absolute Gasteiger partial charge is 1.00 e. The molecule has 22 heteroatoms. The van der Waals surface area contributed by atoms with Gasteiger partial charge in [0, 0.05) is 74.9 Å². The number of phenolic OH excluding ortho intramolecular Hbond substituents is 2. The smallest absolute Gasteiger partial charge is 0.545 e. The zero-order valence-corrected chi connectivity index (χ0v) is 62.4. The van der Waals surface area contributed by atoms with Crippen LogP contribution >= 0.6 is 15.9 Å². The average Bonchev–Trinajstić information content (AvgIpc) is 1.64. The van der Waals surface area contributed by atoms with Gasteiger partial charge < -0.3 is 58.7 Å². The van der Waals surface area contributed by atoms with Gasteiger partial charge in [0.15, 0.2) is 11.6 Å². The summed E-state index contributed by atoms with van der Waals surface area (Å²) in [6, 6.07) is 25.2. The Morgan fingerprint density at radius 2 is 0.861 bits per heavy atom. The molecule has 2 N–H and O–H groups in total. The van der Waals surface area contributed by atoms with Gasteiger partial charge in [0.05, 0.1) is 66.0 Å². The molecule has 0 saturated heterocycles. The van der Waals surface area contributed by atoms with Crippen molar-refractivity contribution in [2.75, 3.05) is 73.2 Å². The molecule has 0 atom stereocenters. The molecular weight excluding hydrogens is 1360 g/mol. The topological polar surface area (TPSA) is 250 Å². The Hall–Kier alpha value is -8.89. The monoisotopic (exact) mass is 1440 g/mol. The van der Waals surface area contributed by atoms with Crippen LogP contribution in [-0.4, -0.2) is 113 Å². The molecule has 0 unspecified atom stereocenters. The summed E-state index contributed by atoms with van der Waals surface area (Å²) in [4.78, 5) is 87.9. The van der Waals surface area contributed by atoms with E-state index < -0.39 is 5.97 Å². The van der Waals surface area contributed by atoms with Crippen molar-refractivity contribution >= 4 is 80.3 Å². The third kappa shape index (κ3) is 16.5. The number of carbonyl (C=O) groups excluding carboxylic acids is 5. The number of aromatic carboxylic acids is 1. The first-order valence-corrected chi connectivity index (χ1v) is 35.8. The predicted octanol–water partition coefficient (Wildman–Crippen LogP) is 10.5. The van der Waals surface area contributed by atoms with Crippen LogP contribution in [0.25, 0.3) is 0 Å². The van der Waals surface area contributed by atoms with Crippen LogP contribution in [0.15, 0.2) is 114 Å². The van der Waals surface area contributed by atoms with Gasteiger partial charge in [-0.15, -0.1) is 0 Å². The number of ether oxygens (including phenoxy) is 4. The summed E-state index contributed by atoms with van der Waals surface area (Å²) >= 11 is 3.51. The first-order chi connectivity index (χ1) is 48.5. The molecule has 0 radical (unpaired) electrons. The third-order valence-electron chi connectivity index (χ3n) is 19.3. The van der Waals surface area contributed by atoms with E-state index in [1.165, 1.54) is 18.4 Å². The Bertz CT molecular complexity index is 4350. The first kappa shape index (κ1) is 74.8. The van der Waals surface area contributed by atoms with E-state index in [4.69, 9.17) is 23.9 Å². The number of pyridine rings is 4. The molecule has 4 aliphatic carbocycles. The molecule has 2 aliphatic heterocycles. The molecular formula is C79H86BrN8NaO12. The van der Waals surface area contributed by atoms with Crippen molar-refractivity contribution in [2.45, 2.75) is 143 Å². The number of carboxylic acids is 1. The number of amides is 2. The standard InChI is InChI=1S/C29H32N4O4.C27H28N4O4.C13H16O3.C10H11BrO.Na/c1-4-33-26-23(28(34)32(3)24-11-8-15-30-27(24)33)17-19(18-31-26)14-16-37-25-13-12-22(29(35)36-5-2)20-9-6-7-10-21(20)25;1-3-31-24-21(26(32)30(2)22-9-6-13-28-25(22)31)15-17(16-29-24)12-14-35-23-11-10-20(27(33)34)18-7-4-5-8-19(18)23;1-2-16-13(15)11-7-8-12(14)10-6-4-3-5-9(10)11;11-9-5-6-10(12)8-4-2-1-3-7(8)9;/h8,11-13,15,17-18H,4-7,9-10,14,16H2,1-3H3;6,9-11,13,15-16H,3-5,7-8,12,14H2,1-2H3,(H,33,34);7-8,14H,2-6H2,1H3;5-6,12H,1-4H2;/q;;;;+1/p-1. The zero-order valence-electron chi connectivity index (χ0n) is 58.8. The molecule has 6 heterocycles. The summed E-state index contributed by atoms with van der Waals surface area (Å²) in [5, 5.41) is 30.8. The Kier molecular flexibility index (Phi) is 25.7. The number of carbonyl (C=O) groups is 5. The van der Waals surface area contributed by atoms with Gasteiger partial charge in [-0.25, -0.2) is 29.5 Å². The molecule has 4 aromatic heterocycles. The van der Waals surface area contributed by atoms with Crippen molar-refractivity contribution in [3.8, 4) is 23.0 Å². The molecule has 2 amide bonds. The van der Waals surface area contributed by atoms with Crippen LogP contribution < -0.4 is 63.7 Å². The molecule has 8 aromatic rings. The van der Waals surface area contributed by atoms with Gasteiger partial charge in [-0.1, -0.05) is 15.9 Å². The number of carboxylic acid groups (broad SMARTS) is 1. The van der Waals surface area contributed by atoms with Crippen molar-refractivity contribution in [3.63, 3.8) is 0 Å². The second-order valence-corrected chi connectivity index (χ2v) is 26.2. The van der Waals surface area contributed by atoms with Crippen LogP contribution in [0, 0.1) is 0 Å². The predicted molar refractivity (Wildman–Crippen MR) is 386 cm³/mol. The van der Waals surface area contributed by atoms with E-state index >= 15 is 0 Å². The van der Waals surface area contributed by atoms with E-state index in [-0.39, 0.29) is 58.9 Å². The molecule has 0 spiro atoms. The summed E-state index contributed by atoms with van der Waals surface area (Å²) < 4.78 is 23.7. The number of aromatic nitrogens is 4. The fourth-order valence-corrected chi connectivity index (χ4v) is 14.8. The Balaban J connectivity index is 0.000000158. The molecule has 0 fully saturated rings. The van der Waals surface area contributed by atoms with E-state index in [0.717, 1.165) is 173 Å². The van der Waals surface area contributed by atoms with Crippen molar-refractivity contribution in [1.82, 2.24) is 19.9 Å². The first-order valence-electron chi connectivity index (χ1n) is 35.0. The fraction of sp³-hybridized carbons (Fsp3) is 0.380. The fourth-order valence-electron chi connectivity index (χ4n) is 14.3. The van der Waals surface area contributed by atoms with Crippen LogP contribution in [0.3, 0.4) is 0 Å². The van der Waals surface area contributed by atoms with Gasteiger partial charge in [0.2, 0.25) is 0 Å². The SMILES string of the molecule is CCN1c2ncc(CCOc3ccc(C(=O)[O-])c4c3CCCC4)cc2C(=O)N(C)c2cccnc21.CCOC(=O)c1ccc(O)c2c1CCCC2.CCOC(=O)c1ccc(OCCc2cnc3c(c2)C(=O)N(C)c2cccnc2N3CC)c2c1CCCC2.Oc1ccc(Br)c2c1CCCC2.[Na+]. The van der Waals surface area contributed by atoms with Crippen LogP contribution in [0.1, 0.15) is 186 Å². The summed E-state index contributed by atoms with van der Waals surface area (Å²) in [5.74, 6) is 3.03. The number of nitrogens with zero attached hydrogens (tertiary/aromatic N) is 8. The molecule has 0 bridgehead atoms. The van der Waals surface area contributed by atoms with Crippen molar-refractivity contribution in [3.05, 3.63) is 198 Å². The van der Waals surface area contributed by atoms with Crippen LogP contribution in [0.2, 0.25) is 0 Å². The number of esters is 2. The van der Waals surface area contributed by atoms with Crippen LogP contribution in [0.4, 0.5) is 34.6 Å². The minimum atomic E-state index is -1.14. The molecule has 20 nitrogen and oxygen atoms in total. The normalized spacial score (nSPS) is 14.5. The van der Waals surface area contributed by atoms with Crippen molar-refractivity contribution in [2.24, 2.45) is 0 Å². The number of aromatic hydroxyl groups is 2. The summed E-state index contributed by atoms with van der Waals surface area (Å²) in [6.07, 6.45) is 24.0. The van der Waals surface area contributed by atoms with Crippen molar-refractivity contribution in [1.29, 1.82) is 0 Å². The second kappa shape index (κ2) is 34.7. The minimum absolute atomic E-state index is 0. The third-order valence-corrected chi connectivity index (χ3v) is 20.0. The number of benzene rings is 4. The second-order valence-electron chi connectivity index (χ2n) is 25.3. The quantitative estimate of drug-likeness (QED) is 0.0715. The molecule has 6 aliphatic rings. The summed E-state index contributed by atoms with van der Waals surface area (Å²) in [5.41, 5.74) is 14.3. The van der Waals surface area contributed by atoms with E-state index in [9.17, 15) is 39.3 Å². The van der Waals surface area contributed by atoms with Gasteiger partial charge in [0.25, 0.3) is 11.8 Å². The van der Waals surface area contributed by atoms with E-state index in [1.807, 2.05) is 91.4 Å². The van der Waals surface area contributed by atoms with Gasteiger partial charge >= 0.3 is 41.5 Å². The van der Waals surface area contributed by atoms with E-state index in [0.29, 0.717) is 104 Å². The van der Waals surface area contributed by atoms with Gasteiger partial charge in [-0.2, -0.15) is 0 Å². The number of anilines is 6. The average molecular weight is 1440 g/mol. The Labute approximate surface area is 620 Å². The minimum Gasteiger partial charge on any atom is -0.545 e. The van der Waals surface area contributed by atoms with Gasteiger partial charge in [-0.3, -0.25) is 9.59 Å². The Morgan fingerprint density at radius 3 is 1.29 bits per heavy atom. The number of phenols is 2. The maximum Gasteiger partial charge on any atom is 1.00 e. The maximum absolute atomic E-state index is 13.4. The maximum atomic E-state index is 13.4. The molecule has 4 aromatic carbocycles. The van der Waals surface area contributed by atoms with Crippen LogP contribution in [-0.2, 0) is 73.7 Å². The Morgan fingerprint density at radius 1 is 0.485 bits per heavy atom. The van der Waals surface area contributed by atoms with E-state index in [1.54, 1.807) is 79.7 Å². The number of fused-ring (bicyclic) bond motifs is 8. The zero-order chi connectivity index (χ0) is 70.6. The number of rotatable bonds is 15. The number of hydrogen-bond donors (Lipinski definition) is 2. The van der Waals surface area contributed by atoms with E-state index in [2.05, 4.69) is 30.9 Å².